The zero-order valence-corrected chi connectivity index (χ0v) is 10.7. The Morgan fingerprint density at radius 2 is 2.13 bits per heavy atom. The molecule has 6 heteroatoms. The van der Waals surface area contributed by atoms with Crippen LogP contribution in [0.5, 0.6) is 0 Å². The summed E-state index contributed by atoms with van der Waals surface area (Å²) in [4.78, 5) is 11.5. The Morgan fingerprint density at radius 1 is 1.53 bits per heavy atom. The molecule has 0 aromatic carbocycles. The number of amides is 1. The minimum Gasteiger partial charge on any atom is -0.351 e. The first-order chi connectivity index (χ1) is 6.50. The van der Waals surface area contributed by atoms with Gasteiger partial charge in [-0.2, -0.15) is 0 Å². The first-order valence-corrected chi connectivity index (χ1v) is 6.40. The van der Waals surface area contributed by atoms with Gasteiger partial charge in [0.1, 0.15) is 0 Å². The monoisotopic (exact) mass is 254 g/mol. The van der Waals surface area contributed by atoms with Crippen LogP contribution in [0.25, 0.3) is 0 Å². The van der Waals surface area contributed by atoms with Crippen molar-refractivity contribution < 1.29 is 9.00 Å². The van der Waals surface area contributed by atoms with E-state index in [1.807, 2.05) is 13.8 Å². The average Bonchev–Trinajstić information content (AvgIpc) is 2.49. The van der Waals surface area contributed by atoms with Crippen LogP contribution < -0.4 is 11.1 Å². The van der Waals surface area contributed by atoms with Crippen LogP contribution in [0.15, 0.2) is 0 Å². The molecule has 0 aromatic rings. The second kappa shape index (κ2) is 6.45. The maximum atomic E-state index is 11.5. The summed E-state index contributed by atoms with van der Waals surface area (Å²) in [6.07, 6.45) is 0.809. The summed E-state index contributed by atoms with van der Waals surface area (Å²) in [6, 6.07) is -0.392. The number of hydrogen-bond acceptors (Lipinski definition) is 3. The van der Waals surface area contributed by atoms with E-state index in [9.17, 15) is 9.00 Å². The highest BCUT2D eigenvalue weighted by molar-refractivity contribution is 7.85. The molecule has 90 valence electrons. The normalized spacial score (nSPS) is 27.2. The fourth-order valence-electron chi connectivity index (χ4n) is 1.38. The third-order valence-electron chi connectivity index (χ3n) is 2.45. The molecule has 1 rings (SSSR count). The zero-order valence-electron chi connectivity index (χ0n) is 9.06. The number of nitrogens with two attached hydrogens (primary N) is 1. The highest BCUT2D eigenvalue weighted by Gasteiger charge is 2.25. The highest BCUT2D eigenvalue weighted by Crippen LogP contribution is 2.08. The smallest absolute Gasteiger partial charge is 0.237 e. The lowest BCUT2D eigenvalue weighted by Crippen LogP contribution is -2.48. The lowest BCUT2D eigenvalue weighted by Gasteiger charge is -2.18. The topological polar surface area (TPSA) is 72.2 Å². The van der Waals surface area contributed by atoms with Crippen LogP contribution in [0, 0.1) is 5.92 Å². The van der Waals surface area contributed by atoms with Crippen LogP contribution in [0.1, 0.15) is 20.3 Å². The van der Waals surface area contributed by atoms with Gasteiger partial charge in [-0.1, -0.05) is 13.8 Å². The molecule has 4 nitrogen and oxygen atoms in total. The van der Waals surface area contributed by atoms with E-state index in [4.69, 9.17) is 5.73 Å². The van der Waals surface area contributed by atoms with E-state index in [0.717, 1.165) is 6.42 Å². The van der Waals surface area contributed by atoms with Gasteiger partial charge in [0.25, 0.3) is 0 Å². The second-order valence-electron chi connectivity index (χ2n) is 4.07. The van der Waals surface area contributed by atoms with Gasteiger partial charge in [0.15, 0.2) is 0 Å². The summed E-state index contributed by atoms with van der Waals surface area (Å²) >= 11 is 0. The molecule has 1 amide bonds. The molecule has 15 heavy (non-hydrogen) atoms. The molecule has 3 N–H and O–H groups in total. The molecule has 0 aromatic heterocycles. The van der Waals surface area contributed by atoms with Gasteiger partial charge in [-0.15, -0.1) is 12.4 Å². The maximum Gasteiger partial charge on any atom is 0.237 e. The van der Waals surface area contributed by atoms with Gasteiger partial charge in [0.2, 0.25) is 5.91 Å². The third kappa shape index (κ3) is 4.49. The largest absolute Gasteiger partial charge is 0.351 e. The van der Waals surface area contributed by atoms with Crippen molar-refractivity contribution in [2.75, 3.05) is 11.5 Å². The molecule has 1 aliphatic heterocycles. The van der Waals surface area contributed by atoms with E-state index < -0.39 is 16.8 Å². The number of halogens is 1. The zero-order chi connectivity index (χ0) is 10.7. The van der Waals surface area contributed by atoms with Gasteiger partial charge in [-0.3, -0.25) is 9.00 Å². The quantitative estimate of drug-likeness (QED) is 0.746. The van der Waals surface area contributed by atoms with Crippen molar-refractivity contribution >= 4 is 29.1 Å². The number of hydrogen-bond donors (Lipinski definition) is 2. The van der Waals surface area contributed by atoms with Gasteiger partial charge in [0, 0.05) is 28.3 Å². The van der Waals surface area contributed by atoms with Gasteiger partial charge in [-0.05, 0) is 12.3 Å². The van der Waals surface area contributed by atoms with Gasteiger partial charge in [0.05, 0.1) is 6.04 Å². The second-order valence-corrected chi connectivity index (χ2v) is 5.70. The molecule has 0 saturated carbocycles. The summed E-state index contributed by atoms with van der Waals surface area (Å²) in [5.74, 6) is 1.30. The van der Waals surface area contributed by atoms with Crippen molar-refractivity contribution in [3.8, 4) is 0 Å². The number of carbonyl (C=O) groups is 1. The third-order valence-corrected chi connectivity index (χ3v) is 3.91. The molecule has 0 aliphatic carbocycles. The fraction of sp³-hybridized carbons (Fsp3) is 0.889. The van der Waals surface area contributed by atoms with Crippen molar-refractivity contribution in [1.82, 2.24) is 5.32 Å². The summed E-state index contributed by atoms with van der Waals surface area (Å²) in [6.45, 7) is 3.83. The minimum absolute atomic E-state index is 0. The average molecular weight is 255 g/mol. The van der Waals surface area contributed by atoms with Gasteiger partial charge >= 0.3 is 0 Å². The van der Waals surface area contributed by atoms with Crippen LogP contribution in [0.3, 0.4) is 0 Å². The molecule has 1 aliphatic rings. The Balaban J connectivity index is 0.00000196. The molecular weight excluding hydrogens is 236 g/mol. The Bertz CT molecular complexity index is 248. The minimum atomic E-state index is -0.749. The van der Waals surface area contributed by atoms with Crippen LogP contribution in [0.4, 0.5) is 0 Å². The van der Waals surface area contributed by atoms with E-state index in [1.165, 1.54) is 0 Å². The Morgan fingerprint density at radius 3 is 2.53 bits per heavy atom. The van der Waals surface area contributed by atoms with Crippen LogP contribution in [-0.4, -0.2) is 33.7 Å². The van der Waals surface area contributed by atoms with Gasteiger partial charge < -0.3 is 11.1 Å². The molecule has 1 saturated heterocycles. The van der Waals surface area contributed by atoms with Crippen molar-refractivity contribution in [1.29, 1.82) is 0 Å². The lowest BCUT2D eigenvalue weighted by atomic mass is 10.0. The summed E-state index contributed by atoms with van der Waals surface area (Å²) in [7, 11) is -0.749. The first-order valence-electron chi connectivity index (χ1n) is 4.91. The van der Waals surface area contributed by atoms with E-state index in [0.29, 0.717) is 11.5 Å². The molecule has 0 spiro atoms. The number of rotatable bonds is 3. The van der Waals surface area contributed by atoms with E-state index >= 15 is 0 Å². The Kier molecular flexibility index (Phi) is 6.40. The Hall–Kier alpha value is -0.130. The van der Waals surface area contributed by atoms with Gasteiger partial charge in [-0.25, -0.2) is 0 Å². The van der Waals surface area contributed by atoms with Crippen molar-refractivity contribution in [3.63, 3.8) is 0 Å². The predicted molar refractivity (Wildman–Crippen MR) is 64.5 cm³/mol. The summed E-state index contributed by atoms with van der Waals surface area (Å²) in [5, 5.41) is 2.83. The molecular formula is C9H19ClN2O2S. The van der Waals surface area contributed by atoms with E-state index in [-0.39, 0.29) is 30.3 Å². The molecule has 1 heterocycles. The van der Waals surface area contributed by atoms with E-state index in [2.05, 4.69) is 5.32 Å². The van der Waals surface area contributed by atoms with Crippen LogP contribution in [-0.2, 0) is 15.6 Å². The van der Waals surface area contributed by atoms with Crippen molar-refractivity contribution in [2.45, 2.75) is 32.4 Å². The Labute approximate surface area is 99.2 Å². The molecule has 1 fully saturated rings. The lowest BCUT2D eigenvalue weighted by molar-refractivity contribution is -0.123. The molecule has 0 bridgehead atoms. The predicted octanol–water partition coefficient (Wildman–Crippen LogP) is 0.0287. The number of carbonyl (C=O) groups excluding carboxylic acids is 1. The summed E-state index contributed by atoms with van der Waals surface area (Å²) in [5.41, 5.74) is 5.68. The summed E-state index contributed by atoms with van der Waals surface area (Å²) < 4.78 is 11.1. The standard InChI is InChI=1S/C9H18N2O2S.ClH/c1-6(2)8(10)9(12)11-7-3-4-14(13)5-7;/h6-8H,3-5,10H2,1-2H3,(H,11,12);1H/t7?,8-,14?;/m1./s1. The highest BCUT2D eigenvalue weighted by atomic mass is 35.5. The number of nitrogens with one attached hydrogen (secondary N) is 1. The SMILES string of the molecule is CC(C)[C@@H](N)C(=O)NC1CCS(=O)C1.Cl. The van der Waals surface area contributed by atoms with E-state index in [1.54, 1.807) is 0 Å². The van der Waals surface area contributed by atoms with Crippen LogP contribution in [0.2, 0.25) is 0 Å². The first kappa shape index (κ1) is 14.9. The van der Waals surface area contributed by atoms with Crippen molar-refractivity contribution in [3.05, 3.63) is 0 Å². The molecule has 0 radical (unpaired) electrons. The molecule has 3 atom stereocenters. The maximum absolute atomic E-state index is 11.5. The van der Waals surface area contributed by atoms with Crippen LogP contribution >= 0.6 is 12.4 Å². The molecule has 2 unspecified atom stereocenters. The van der Waals surface area contributed by atoms with Crippen molar-refractivity contribution in [2.24, 2.45) is 11.7 Å². The fourth-order valence-corrected chi connectivity index (χ4v) is 2.79.